The van der Waals surface area contributed by atoms with E-state index in [1.165, 1.54) is 10.8 Å². The summed E-state index contributed by atoms with van der Waals surface area (Å²) < 4.78 is 8.87. The maximum absolute atomic E-state index is 6.53. The van der Waals surface area contributed by atoms with E-state index < -0.39 is 0 Å². The fourth-order valence-corrected chi connectivity index (χ4v) is 7.12. The van der Waals surface area contributed by atoms with Crippen molar-refractivity contribution in [2.24, 2.45) is 0 Å². The van der Waals surface area contributed by atoms with Crippen molar-refractivity contribution in [1.29, 1.82) is 0 Å². The van der Waals surface area contributed by atoms with Crippen molar-refractivity contribution >= 4 is 34.0 Å². The zero-order chi connectivity index (χ0) is 34.4. The third kappa shape index (κ3) is 5.24. The van der Waals surface area contributed by atoms with Crippen LogP contribution in [0.4, 0.5) is 0 Å². The fraction of sp³-hybridized carbons (Fsp3) is 0. The smallest absolute Gasteiger partial charge is 0.164 e. The molecule has 0 atom stereocenters. The van der Waals surface area contributed by atoms with Gasteiger partial charge in [0, 0.05) is 50.3 Å². The molecule has 0 saturated heterocycles. The lowest BCUT2D eigenvalue weighted by Gasteiger charge is -2.13. The van der Waals surface area contributed by atoms with Crippen LogP contribution >= 0.6 is 0 Å². The van der Waals surface area contributed by atoms with Gasteiger partial charge in [-0.15, -0.1) is 0 Å². The number of benzene rings is 7. The van der Waals surface area contributed by atoms with E-state index in [2.05, 4.69) is 108 Å². The molecule has 1 aliphatic rings. The molecule has 0 spiro atoms. The summed E-state index contributed by atoms with van der Waals surface area (Å²) in [5.41, 5.74) is 10.4. The molecule has 9 aromatic rings. The predicted molar refractivity (Wildman–Crippen MR) is 211 cm³/mol. The third-order valence-electron chi connectivity index (χ3n) is 9.64. The monoisotopic (exact) mass is 666 g/mol. The van der Waals surface area contributed by atoms with E-state index >= 15 is 0 Å². The zero-order valence-corrected chi connectivity index (χ0v) is 28.0. The van der Waals surface area contributed by atoms with Crippen molar-refractivity contribution in [3.63, 3.8) is 0 Å². The Balaban J connectivity index is 1.09. The molecular formula is C47H30N4O. The number of rotatable bonds is 5. The zero-order valence-electron chi connectivity index (χ0n) is 28.0. The normalized spacial score (nSPS) is 11.9. The molecule has 5 nitrogen and oxygen atoms in total. The fourth-order valence-electron chi connectivity index (χ4n) is 7.12. The number of hydrogen-bond acceptors (Lipinski definition) is 4. The van der Waals surface area contributed by atoms with Gasteiger partial charge in [0.15, 0.2) is 17.5 Å². The SMILES string of the molecule is C1=Cc2cc3c4ccccc4n(-c4cccc(-c5cccc(-c6nc(-c7ccccc7)nc(-c7ccccc7)n6)c5)c4)c3cc2Oc2ccccc21. The van der Waals surface area contributed by atoms with E-state index in [1.54, 1.807) is 0 Å². The van der Waals surface area contributed by atoms with Gasteiger partial charge in [0.05, 0.1) is 11.0 Å². The lowest BCUT2D eigenvalue weighted by atomic mass is 10.0. The summed E-state index contributed by atoms with van der Waals surface area (Å²) in [5.74, 6) is 3.60. The highest BCUT2D eigenvalue weighted by Gasteiger charge is 2.19. The van der Waals surface area contributed by atoms with Gasteiger partial charge in [0.2, 0.25) is 0 Å². The minimum absolute atomic E-state index is 0.629. The summed E-state index contributed by atoms with van der Waals surface area (Å²) in [6.07, 6.45) is 4.28. The van der Waals surface area contributed by atoms with E-state index in [9.17, 15) is 0 Å². The number of ether oxygens (including phenoxy) is 1. The molecule has 52 heavy (non-hydrogen) atoms. The first-order chi connectivity index (χ1) is 25.7. The Morgan fingerprint density at radius 2 is 0.942 bits per heavy atom. The van der Waals surface area contributed by atoms with Crippen LogP contribution in [0.1, 0.15) is 11.1 Å². The van der Waals surface area contributed by atoms with Gasteiger partial charge in [0.1, 0.15) is 11.5 Å². The van der Waals surface area contributed by atoms with Gasteiger partial charge >= 0.3 is 0 Å². The van der Waals surface area contributed by atoms with Crippen LogP contribution in [0.15, 0.2) is 170 Å². The minimum Gasteiger partial charge on any atom is -0.456 e. The molecule has 0 saturated carbocycles. The number of aromatic nitrogens is 4. The highest BCUT2D eigenvalue weighted by Crippen LogP contribution is 2.41. The van der Waals surface area contributed by atoms with Gasteiger partial charge in [-0.25, -0.2) is 15.0 Å². The van der Waals surface area contributed by atoms with E-state index in [0.29, 0.717) is 17.5 Å². The average Bonchev–Trinajstić information content (AvgIpc) is 3.41. The molecule has 5 heteroatoms. The predicted octanol–water partition coefficient (Wildman–Crippen LogP) is 11.9. The first kappa shape index (κ1) is 29.8. The number of nitrogens with zero attached hydrogens (tertiary/aromatic N) is 4. The van der Waals surface area contributed by atoms with E-state index in [4.69, 9.17) is 19.7 Å². The van der Waals surface area contributed by atoms with Crippen molar-refractivity contribution in [2.45, 2.75) is 0 Å². The number of fused-ring (bicyclic) bond motifs is 5. The Hall–Kier alpha value is -7.11. The Morgan fingerprint density at radius 3 is 1.71 bits per heavy atom. The Morgan fingerprint density at radius 1 is 0.365 bits per heavy atom. The van der Waals surface area contributed by atoms with Crippen LogP contribution in [-0.2, 0) is 0 Å². The van der Waals surface area contributed by atoms with E-state index in [-0.39, 0.29) is 0 Å². The van der Waals surface area contributed by atoms with Crippen LogP contribution in [-0.4, -0.2) is 19.5 Å². The highest BCUT2D eigenvalue weighted by atomic mass is 16.5. The van der Waals surface area contributed by atoms with E-state index in [0.717, 1.165) is 67.2 Å². The van der Waals surface area contributed by atoms with Gasteiger partial charge in [0.25, 0.3) is 0 Å². The summed E-state index contributed by atoms with van der Waals surface area (Å²) in [7, 11) is 0. The molecule has 0 radical (unpaired) electrons. The lowest BCUT2D eigenvalue weighted by Crippen LogP contribution is -2.00. The molecule has 0 fully saturated rings. The molecule has 244 valence electrons. The van der Waals surface area contributed by atoms with Crippen LogP contribution in [0.25, 0.3) is 84.9 Å². The molecule has 0 N–H and O–H groups in total. The molecule has 10 rings (SSSR count). The summed E-state index contributed by atoms with van der Waals surface area (Å²) in [6, 6.07) is 58.5. The largest absolute Gasteiger partial charge is 0.456 e. The first-order valence-electron chi connectivity index (χ1n) is 17.4. The van der Waals surface area contributed by atoms with Gasteiger partial charge in [-0.05, 0) is 47.5 Å². The number of para-hydroxylation sites is 2. The van der Waals surface area contributed by atoms with Gasteiger partial charge in [-0.3, -0.25) is 0 Å². The van der Waals surface area contributed by atoms with Crippen molar-refractivity contribution in [1.82, 2.24) is 19.5 Å². The van der Waals surface area contributed by atoms with Crippen LogP contribution < -0.4 is 4.74 Å². The maximum atomic E-state index is 6.53. The molecule has 3 heterocycles. The molecule has 0 bridgehead atoms. The first-order valence-corrected chi connectivity index (χ1v) is 17.4. The second kappa shape index (κ2) is 12.3. The summed E-state index contributed by atoms with van der Waals surface area (Å²) in [5, 5.41) is 2.38. The highest BCUT2D eigenvalue weighted by molar-refractivity contribution is 6.10. The minimum atomic E-state index is 0.629. The Kier molecular flexibility index (Phi) is 7.07. The Labute approximate surface area is 300 Å². The Bertz CT molecular complexity index is 2760. The second-order valence-electron chi connectivity index (χ2n) is 12.9. The summed E-state index contributed by atoms with van der Waals surface area (Å²) in [6.45, 7) is 0. The molecule has 1 aliphatic heterocycles. The molecular weight excluding hydrogens is 637 g/mol. The topological polar surface area (TPSA) is 52.8 Å². The summed E-state index contributed by atoms with van der Waals surface area (Å²) in [4.78, 5) is 14.8. The standard InChI is InChI=1S/C47H30N4O/c1-3-14-32(15-4-1)45-48-46(33-16-5-2-6-17-33)50-47(49-45)37-20-11-18-34(27-37)35-19-12-21-38(28-35)51-41-23-9-8-22-39(41)40-29-36-26-25-31-13-7-10-24-43(31)52-44(36)30-42(40)51/h1-30H. The van der Waals surface area contributed by atoms with Crippen molar-refractivity contribution in [2.75, 3.05) is 0 Å². The molecule has 0 amide bonds. The van der Waals surface area contributed by atoms with Crippen LogP contribution in [0.2, 0.25) is 0 Å². The average molecular weight is 667 g/mol. The van der Waals surface area contributed by atoms with Crippen LogP contribution in [0.5, 0.6) is 11.5 Å². The van der Waals surface area contributed by atoms with Crippen LogP contribution in [0.3, 0.4) is 0 Å². The third-order valence-corrected chi connectivity index (χ3v) is 9.64. The van der Waals surface area contributed by atoms with Gasteiger partial charge in [-0.1, -0.05) is 140 Å². The van der Waals surface area contributed by atoms with Crippen LogP contribution in [0, 0.1) is 0 Å². The maximum Gasteiger partial charge on any atom is 0.164 e. The van der Waals surface area contributed by atoms with Gasteiger partial charge < -0.3 is 9.30 Å². The second-order valence-corrected chi connectivity index (χ2v) is 12.9. The molecule has 2 aromatic heterocycles. The molecule has 0 unspecified atom stereocenters. The van der Waals surface area contributed by atoms with Crippen molar-refractivity contribution < 1.29 is 4.74 Å². The number of hydrogen-bond donors (Lipinski definition) is 0. The van der Waals surface area contributed by atoms with Crippen molar-refractivity contribution in [3.8, 4) is 62.5 Å². The van der Waals surface area contributed by atoms with Crippen molar-refractivity contribution in [3.05, 3.63) is 181 Å². The quantitative estimate of drug-likeness (QED) is 0.183. The van der Waals surface area contributed by atoms with E-state index in [1.807, 2.05) is 78.9 Å². The lowest BCUT2D eigenvalue weighted by molar-refractivity contribution is 0.482. The molecule has 7 aromatic carbocycles. The molecule has 0 aliphatic carbocycles. The summed E-state index contributed by atoms with van der Waals surface area (Å²) >= 11 is 0. The van der Waals surface area contributed by atoms with Gasteiger partial charge in [-0.2, -0.15) is 0 Å².